The Hall–Kier alpha value is -3.85. The molecule has 0 spiro atoms. The number of hydrogen-bond donors (Lipinski definition) is 2. The normalized spacial score (nSPS) is 16.6. The summed E-state index contributed by atoms with van der Waals surface area (Å²) in [6.07, 6.45) is 4.22. The zero-order valence-electron chi connectivity index (χ0n) is 20.1. The predicted molar refractivity (Wildman–Crippen MR) is 139 cm³/mol. The number of ether oxygens (including phenoxy) is 1. The highest BCUT2D eigenvalue weighted by molar-refractivity contribution is 5.81. The van der Waals surface area contributed by atoms with Gasteiger partial charge >= 0.3 is 0 Å². The van der Waals surface area contributed by atoms with E-state index in [-0.39, 0.29) is 0 Å². The smallest absolute Gasteiger partial charge is 0.229 e. The number of pyridine rings is 1. The number of nitrogens with two attached hydrogens (primary N) is 1. The minimum absolute atomic E-state index is 0.492. The number of hydrogen-bond acceptors (Lipinski definition) is 8. The zero-order chi connectivity index (χ0) is 23.9. The molecule has 9 nitrogen and oxygen atoms in total. The zero-order valence-corrected chi connectivity index (χ0v) is 20.1. The lowest BCUT2D eigenvalue weighted by molar-refractivity contribution is 0.311. The molecule has 35 heavy (non-hydrogen) atoms. The van der Waals surface area contributed by atoms with E-state index >= 15 is 0 Å². The number of fused-ring (bicyclic) bond motifs is 1. The van der Waals surface area contributed by atoms with Crippen LogP contribution in [0.2, 0.25) is 0 Å². The Morgan fingerprint density at radius 3 is 2.60 bits per heavy atom. The fraction of sp³-hybridized carbons (Fsp3) is 0.346. The Kier molecular flexibility index (Phi) is 5.41. The number of methoxy groups -OCH3 is 1. The first kappa shape index (κ1) is 21.7. The van der Waals surface area contributed by atoms with E-state index in [1.807, 2.05) is 24.4 Å². The molecule has 0 atom stereocenters. The molecule has 1 aliphatic heterocycles. The Labute approximate surface area is 204 Å². The van der Waals surface area contributed by atoms with Crippen LogP contribution in [0.4, 0.5) is 23.1 Å². The van der Waals surface area contributed by atoms with Crippen LogP contribution < -0.4 is 20.7 Å². The maximum absolute atomic E-state index is 6.00. The summed E-state index contributed by atoms with van der Waals surface area (Å²) in [6.45, 7) is 4.05. The lowest BCUT2D eigenvalue weighted by Crippen LogP contribution is -2.44. The van der Waals surface area contributed by atoms with Crippen LogP contribution >= 0.6 is 0 Å². The topological polar surface area (TPSA) is 97.4 Å². The number of anilines is 4. The molecular formula is C26H30N8O. The van der Waals surface area contributed by atoms with Gasteiger partial charge in [-0.3, -0.25) is 4.57 Å². The molecule has 9 heteroatoms. The summed E-state index contributed by atoms with van der Waals surface area (Å²) in [5.74, 6) is 3.16. The number of nitrogens with one attached hydrogen (secondary N) is 1. The van der Waals surface area contributed by atoms with Crippen LogP contribution in [0.1, 0.15) is 24.5 Å². The van der Waals surface area contributed by atoms with Gasteiger partial charge in [0, 0.05) is 55.2 Å². The van der Waals surface area contributed by atoms with E-state index in [4.69, 9.17) is 15.5 Å². The highest BCUT2D eigenvalue weighted by Crippen LogP contribution is 2.43. The van der Waals surface area contributed by atoms with Crippen LogP contribution in [-0.2, 0) is 0 Å². The summed E-state index contributed by atoms with van der Waals surface area (Å²) in [4.78, 5) is 18.8. The van der Waals surface area contributed by atoms with Crippen LogP contribution in [0.3, 0.4) is 0 Å². The van der Waals surface area contributed by atoms with Gasteiger partial charge in [0.2, 0.25) is 5.95 Å². The molecule has 6 rings (SSSR count). The molecule has 0 bridgehead atoms. The monoisotopic (exact) mass is 470 g/mol. The second kappa shape index (κ2) is 8.74. The van der Waals surface area contributed by atoms with Crippen LogP contribution in [-0.4, -0.2) is 64.8 Å². The molecule has 0 radical (unpaired) electrons. The van der Waals surface area contributed by atoms with Crippen molar-refractivity contribution in [1.29, 1.82) is 0 Å². The standard InChI is InChI=1S/C26H30N8O/c1-32-10-12-33(13-11-32)20-9-8-19(15-22(20)35-2)29-26-28-16-18-14-21(17-6-7-17)34(25(18)31-26)24-5-3-4-23(27)30-24/h3-5,8-9,14-17H,6-7,10-13H2,1-2H3,(H2,27,30)(H,28,29,31). The highest BCUT2D eigenvalue weighted by Gasteiger charge is 2.29. The second-order valence-corrected chi connectivity index (χ2v) is 9.37. The molecule has 4 heterocycles. The predicted octanol–water partition coefficient (Wildman–Crippen LogP) is 3.78. The molecule has 1 aromatic carbocycles. The summed E-state index contributed by atoms with van der Waals surface area (Å²) < 4.78 is 7.86. The van der Waals surface area contributed by atoms with Crippen molar-refractivity contribution in [3.8, 4) is 11.6 Å². The van der Waals surface area contributed by atoms with E-state index in [1.54, 1.807) is 13.2 Å². The van der Waals surface area contributed by atoms with E-state index < -0.39 is 0 Å². The Balaban J connectivity index is 1.33. The van der Waals surface area contributed by atoms with Crippen LogP contribution in [0, 0.1) is 0 Å². The molecule has 2 aliphatic rings. The maximum Gasteiger partial charge on any atom is 0.229 e. The Morgan fingerprint density at radius 2 is 1.86 bits per heavy atom. The second-order valence-electron chi connectivity index (χ2n) is 9.37. The first-order chi connectivity index (χ1) is 17.1. The molecule has 0 unspecified atom stereocenters. The number of nitrogens with zero attached hydrogens (tertiary/aromatic N) is 6. The fourth-order valence-electron chi connectivity index (χ4n) is 4.75. The van der Waals surface area contributed by atoms with E-state index in [2.05, 4.69) is 54.9 Å². The molecule has 0 amide bonds. The van der Waals surface area contributed by atoms with Crippen molar-refractivity contribution >= 4 is 34.2 Å². The molecule has 180 valence electrons. The molecular weight excluding hydrogens is 440 g/mol. The van der Waals surface area contributed by atoms with Gasteiger partial charge in [-0.15, -0.1) is 0 Å². The van der Waals surface area contributed by atoms with Crippen molar-refractivity contribution in [2.24, 2.45) is 0 Å². The Morgan fingerprint density at radius 1 is 1.03 bits per heavy atom. The lowest BCUT2D eigenvalue weighted by Gasteiger charge is -2.34. The van der Waals surface area contributed by atoms with E-state index in [0.717, 1.165) is 60.2 Å². The van der Waals surface area contributed by atoms with Gasteiger partial charge in [-0.05, 0) is 56.1 Å². The molecule has 1 saturated heterocycles. The molecule has 2 fully saturated rings. The van der Waals surface area contributed by atoms with E-state index in [1.165, 1.54) is 18.5 Å². The van der Waals surface area contributed by atoms with E-state index in [9.17, 15) is 0 Å². The van der Waals surface area contributed by atoms with Crippen molar-refractivity contribution in [1.82, 2.24) is 24.4 Å². The van der Waals surface area contributed by atoms with Gasteiger partial charge in [-0.25, -0.2) is 9.97 Å². The number of piperazine rings is 1. The molecule has 1 saturated carbocycles. The van der Waals surface area contributed by atoms with Gasteiger partial charge in [0.1, 0.15) is 17.4 Å². The van der Waals surface area contributed by atoms with Crippen molar-refractivity contribution in [2.75, 3.05) is 56.3 Å². The van der Waals surface area contributed by atoms with Crippen molar-refractivity contribution in [3.05, 3.63) is 54.4 Å². The third kappa shape index (κ3) is 4.23. The molecule has 3 N–H and O–H groups in total. The Bertz CT molecular complexity index is 1370. The number of rotatable bonds is 6. The highest BCUT2D eigenvalue weighted by atomic mass is 16.5. The van der Waals surface area contributed by atoms with Gasteiger partial charge in [-0.2, -0.15) is 4.98 Å². The van der Waals surface area contributed by atoms with Gasteiger partial charge in [0.15, 0.2) is 5.65 Å². The third-order valence-electron chi connectivity index (χ3n) is 6.83. The number of aromatic nitrogens is 4. The van der Waals surface area contributed by atoms with E-state index in [0.29, 0.717) is 17.7 Å². The minimum atomic E-state index is 0.492. The SMILES string of the molecule is COc1cc(Nc2ncc3cc(C4CC4)n(-c4cccc(N)n4)c3n2)ccc1N1CCN(C)CC1. The van der Waals surface area contributed by atoms with Crippen molar-refractivity contribution < 1.29 is 4.74 Å². The number of likely N-dealkylation sites (N-methyl/N-ethyl adjacent to an activating group) is 1. The molecule has 4 aromatic rings. The minimum Gasteiger partial charge on any atom is -0.495 e. The molecule has 3 aromatic heterocycles. The summed E-state index contributed by atoms with van der Waals surface area (Å²) in [7, 11) is 3.87. The first-order valence-corrected chi connectivity index (χ1v) is 12.1. The summed E-state index contributed by atoms with van der Waals surface area (Å²) in [6, 6.07) is 14.0. The number of nitrogen functional groups attached to an aromatic ring is 1. The molecule has 1 aliphatic carbocycles. The van der Waals surface area contributed by atoms with Crippen LogP contribution in [0.25, 0.3) is 16.9 Å². The fourth-order valence-corrected chi connectivity index (χ4v) is 4.75. The summed E-state index contributed by atoms with van der Waals surface area (Å²) in [5.41, 5.74) is 10.0. The van der Waals surface area contributed by atoms with Crippen molar-refractivity contribution in [2.45, 2.75) is 18.8 Å². The van der Waals surface area contributed by atoms with Gasteiger partial charge < -0.3 is 25.6 Å². The largest absolute Gasteiger partial charge is 0.495 e. The van der Waals surface area contributed by atoms with Gasteiger partial charge in [0.05, 0.1) is 12.8 Å². The maximum atomic E-state index is 6.00. The lowest BCUT2D eigenvalue weighted by atomic mass is 10.2. The average Bonchev–Trinajstić information content (AvgIpc) is 3.65. The summed E-state index contributed by atoms with van der Waals surface area (Å²) >= 11 is 0. The van der Waals surface area contributed by atoms with Crippen molar-refractivity contribution in [3.63, 3.8) is 0 Å². The van der Waals surface area contributed by atoms with Crippen LogP contribution in [0.5, 0.6) is 5.75 Å². The first-order valence-electron chi connectivity index (χ1n) is 12.1. The van der Waals surface area contributed by atoms with Crippen LogP contribution in [0.15, 0.2) is 48.7 Å². The van der Waals surface area contributed by atoms with Gasteiger partial charge in [-0.1, -0.05) is 6.07 Å². The average molecular weight is 471 g/mol. The summed E-state index contributed by atoms with van der Waals surface area (Å²) in [5, 5.41) is 4.36. The van der Waals surface area contributed by atoms with Gasteiger partial charge in [0.25, 0.3) is 0 Å². The number of benzene rings is 1. The third-order valence-corrected chi connectivity index (χ3v) is 6.83. The quantitative estimate of drug-likeness (QED) is 0.439.